The Morgan fingerprint density at radius 2 is 2.12 bits per heavy atom. The lowest BCUT2D eigenvalue weighted by Crippen LogP contribution is -2.39. The summed E-state index contributed by atoms with van der Waals surface area (Å²) in [5.74, 6) is -0.283. The number of hydrogen-bond acceptors (Lipinski definition) is 3. The van der Waals surface area contributed by atoms with Gasteiger partial charge in [0.15, 0.2) is 0 Å². The molecular formula is C16H17F3N4O2. The summed E-state index contributed by atoms with van der Waals surface area (Å²) in [4.78, 5) is 31.8. The minimum Gasteiger partial charge on any atom is -0.338 e. The van der Waals surface area contributed by atoms with Crippen LogP contribution >= 0.6 is 0 Å². The van der Waals surface area contributed by atoms with Gasteiger partial charge < -0.3 is 14.5 Å². The molecule has 0 radical (unpaired) electrons. The normalized spacial score (nSPS) is 18.4. The fourth-order valence-electron chi connectivity index (χ4n) is 2.98. The van der Waals surface area contributed by atoms with E-state index in [1.807, 2.05) is 0 Å². The number of imidazole rings is 1. The summed E-state index contributed by atoms with van der Waals surface area (Å²) < 4.78 is 39.4. The molecule has 6 nitrogen and oxygen atoms in total. The second-order valence-corrected chi connectivity index (χ2v) is 6.14. The first-order chi connectivity index (χ1) is 11.8. The molecule has 1 saturated heterocycles. The van der Waals surface area contributed by atoms with E-state index in [2.05, 4.69) is 9.97 Å². The molecule has 134 valence electrons. The number of carbonyl (C=O) groups excluding carboxylic acids is 1. The fourth-order valence-corrected chi connectivity index (χ4v) is 2.98. The summed E-state index contributed by atoms with van der Waals surface area (Å²) in [5.41, 5.74) is -0.731. The zero-order valence-corrected chi connectivity index (χ0v) is 13.5. The van der Waals surface area contributed by atoms with Crippen molar-refractivity contribution in [2.75, 3.05) is 13.1 Å². The third-order valence-corrected chi connectivity index (χ3v) is 4.33. The first-order valence-corrected chi connectivity index (χ1v) is 7.84. The Labute approximate surface area is 141 Å². The quantitative estimate of drug-likeness (QED) is 0.898. The molecule has 1 amide bonds. The standard InChI is InChI=1S/C16H17F3N4O2/c1-22-8-11(4-5-13(22)24)15(25)23-6-2-3-10(9-23)14-20-7-12(21-14)16(17,18)19/h4-5,7-8,10H,2-3,6,9H2,1H3,(H,20,21)/t10-/m0/s1. The van der Waals surface area contributed by atoms with Crippen molar-refractivity contribution in [3.05, 3.63) is 52.0 Å². The number of hydrogen-bond donors (Lipinski definition) is 1. The molecule has 1 atom stereocenters. The van der Waals surface area contributed by atoms with E-state index in [-0.39, 0.29) is 29.8 Å². The third kappa shape index (κ3) is 3.59. The molecule has 2 aromatic rings. The van der Waals surface area contributed by atoms with Crippen molar-refractivity contribution in [2.24, 2.45) is 7.05 Å². The summed E-state index contributed by atoms with van der Waals surface area (Å²) in [6.07, 6.45) is -0.900. The largest absolute Gasteiger partial charge is 0.432 e. The maximum absolute atomic E-state index is 12.7. The second kappa shape index (κ2) is 6.38. The van der Waals surface area contributed by atoms with Crippen LogP contribution in [0.15, 0.2) is 29.3 Å². The Balaban J connectivity index is 1.76. The summed E-state index contributed by atoms with van der Waals surface area (Å²) >= 11 is 0. The zero-order chi connectivity index (χ0) is 18.2. The third-order valence-electron chi connectivity index (χ3n) is 4.33. The fraction of sp³-hybridized carbons (Fsp3) is 0.438. The van der Waals surface area contributed by atoms with E-state index < -0.39 is 11.9 Å². The molecule has 1 fully saturated rings. The molecule has 1 aliphatic heterocycles. The number of amides is 1. The second-order valence-electron chi connectivity index (χ2n) is 6.14. The van der Waals surface area contributed by atoms with E-state index in [0.29, 0.717) is 24.9 Å². The Hall–Kier alpha value is -2.58. The van der Waals surface area contributed by atoms with E-state index in [4.69, 9.17) is 0 Å². The summed E-state index contributed by atoms with van der Waals surface area (Å²) in [5, 5.41) is 0. The van der Waals surface area contributed by atoms with Crippen molar-refractivity contribution >= 4 is 5.91 Å². The van der Waals surface area contributed by atoms with Crippen LogP contribution in [0.1, 0.15) is 40.6 Å². The molecule has 0 aromatic carbocycles. The van der Waals surface area contributed by atoms with Crippen LogP contribution < -0.4 is 5.56 Å². The van der Waals surface area contributed by atoms with Crippen LogP contribution in [-0.4, -0.2) is 38.4 Å². The SMILES string of the molecule is Cn1cc(C(=O)N2CCC[C@H](c3ncc(C(F)(F)F)[nH]3)C2)ccc1=O. The number of aromatic nitrogens is 3. The maximum atomic E-state index is 12.7. The van der Waals surface area contributed by atoms with Gasteiger partial charge in [-0.15, -0.1) is 0 Å². The van der Waals surface area contributed by atoms with Crippen LogP contribution in [-0.2, 0) is 13.2 Å². The Bertz CT molecular complexity index is 840. The summed E-state index contributed by atoms with van der Waals surface area (Å²) in [7, 11) is 1.56. The predicted molar refractivity (Wildman–Crippen MR) is 83.2 cm³/mol. The summed E-state index contributed by atoms with van der Waals surface area (Å²) in [6, 6.07) is 2.78. The average Bonchev–Trinajstić information content (AvgIpc) is 3.07. The number of carbonyl (C=O) groups is 1. The number of alkyl halides is 3. The highest BCUT2D eigenvalue weighted by molar-refractivity contribution is 5.94. The number of halogens is 3. The van der Waals surface area contributed by atoms with Crippen molar-refractivity contribution in [3.63, 3.8) is 0 Å². The van der Waals surface area contributed by atoms with Crippen molar-refractivity contribution in [3.8, 4) is 0 Å². The minimum absolute atomic E-state index is 0.219. The molecule has 0 unspecified atom stereocenters. The molecule has 0 spiro atoms. The van der Waals surface area contributed by atoms with Crippen LogP contribution in [0.25, 0.3) is 0 Å². The Morgan fingerprint density at radius 3 is 2.76 bits per heavy atom. The van der Waals surface area contributed by atoms with Crippen molar-refractivity contribution < 1.29 is 18.0 Å². The maximum Gasteiger partial charge on any atom is 0.432 e. The van der Waals surface area contributed by atoms with Crippen molar-refractivity contribution in [2.45, 2.75) is 24.9 Å². The molecule has 0 saturated carbocycles. The van der Waals surface area contributed by atoms with E-state index in [1.165, 1.54) is 22.9 Å². The summed E-state index contributed by atoms with van der Waals surface area (Å²) in [6.45, 7) is 0.803. The molecule has 9 heteroatoms. The molecule has 0 aliphatic carbocycles. The molecule has 25 heavy (non-hydrogen) atoms. The number of pyridine rings is 1. The monoisotopic (exact) mass is 354 g/mol. The van der Waals surface area contributed by atoms with E-state index >= 15 is 0 Å². The number of piperidine rings is 1. The van der Waals surface area contributed by atoms with Crippen molar-refractivity contribution in [1.82, 2.24) is 19.4 Å². The molecule has 3 heterocycles. The van der Waals surface area contributed by atoms with Gasteiger partial charge in [0.05, 0.1) is 11.8 Å². The van der Waals surface area contributed by atoms with Gasteiger partial charge in [-0.25, -0.2) is 4.98 Å². The molecule has 2 aromatic heterocycles. The zero-order valence-electron chi connectivity index (χ0n) is 13.5. The lowest BCUT2D eigenvalue weighted by Gasteiger charge is -2.32. The lowest BCUT2D eigenvalue weighted by atomic mass is 9.97. The van der Waals surface area contributed by atoms with Gasteiger partial charge in [-0.2, -0.15) is 13.2 Å². The van der Waals surface area contributed by atoms with Gasteiger partial charge >= 0.3 is 6.18 Å². The van der Waals surface area contributed by atoms with Gasteiger partial charge in [0.2, 0.25) is 5.56 Å². The van der Waals surface area contributed by atoms with Gasteiger partial charge in [0, 0.05) is 38.3 Å². The molecular weight excluding hydrogens is 337 g/mol. The molecule has 0 bridgehead atoms. The van der Waals surface area contributed by atoms with Crippen molar-refractivity contribution in [1.29, 1.82) is 0 Å². The van der Waals surface area contributed by atoms with Crippen LogP contribution in [0.3, 0.4) is 0 Å². The van der Waals surface area contributed by atoms with Gasteiger partial charge in [-0.3, -0.25) is 9.59 Å². The number of aryl methyl sites for hydroxylation is 1. The van der Waals surface area contributed by atoms with Gasteiger partial charge in [-0.05, 0) is 18.9 Å². The molecule has 1 N–H and O–H groups in total. The number of rotatable bonds is 2. The molecule has 1 aliphatic rings. The van der Waals surface area contributed by atoms with Crippen LogP contribution in [0.4, 0.5) is 13.2 Å². The first-order valence-electron chi connectivity index (χ1n) is 7.84. The highest BCUT2D eigenvalue weighted by atomic mass is 19.4. The number of aromatic amines is 1. The predicted octanol–water partition coefficient (Wildman–Crippen LogP) is 2.15. The van der Waals surface area contributed by atoms with Gasteiger partial charge in [-0.1, -0.05) is 0 Å². The minimum atomic E-state index is -4.47. The number of likely N-dealkylation sites (tertiary alicyclic amines) is 1. The Morgan fingerprint density at radius 1 is 1.36 bits per heavy atom. The Kier molecular flexibility index (Phi) is 4.40. The topological polar surface area (TPSA) is 71.0 Å². The van der Waals surface area contributed by atoms with E-state index in [9.17, 15) is 22.8 Å². The molecule has 3 rings (SSSR count). The van der Waals surface area contributed by atoms with Gasteiger partial charge in [0.25, 0.3) is 5.91 Å². The number of nitrogens with one attached hydrogen (secondary N) is 1. The van der Waals surface area contributed by atoms with Crippen LogP contribution in [0.5, 0.6) is 0 Å². The highest BCUT2D eigenvalue weighted by Gasteiger charge is 2.35. The first kappa shape index (κ1) is 17.2. The van der Waals surface area contributed by atoms with E-state index in [1.54, 1.807) is 11.9 Å². The highest BCUT2D eigenvalue weighted by Crippen LogP contribution is 2.31. The number of nitrogens with zero attached hydrogens (tertiary/aromatic N) is 3. The lowest BCUT2D eigenvalue weighted by molar-refractivity contribution is -0.141. The van der Waals surface area contributed by atoms with Gasteiger partial charge in [0.1, 0.15) is 11.5 Å². The van der Waals surface area contributed by atoms with E-state index in [0.717, 1.165) is 6.20 Å². The average molecular weight is 354 g/mol. The number of H-pyrrole nitrogens is 1. The van der Waals surface area contributed by atoms with Crippen LogP contribution in [0.2, 0.25) is 0 Å². The van der Waals surface area contributed by atoms with Crippen LogP contribution in [0, 0.1) is 0 Å². The smallest absolute Gasteiger partial charge is 0.338 e.